The van der Waals surface area contributed by atoms with Gasteiger partial charge in [-0.1, -0.05) is 12.1 Å². The van der Waals surface area contributed by atoms with E-state index < -0.39 is 11.7 Å². The first-order chi connectivity index (χ1) is 12.8. The van der Waals surface area contributed by atoms with E-state index in [1.807, 2.05) is 4.90 Å². The fourth-order valence-electron chi connectivity index (χ4n) is 3.78. The number of benzene rings is 1. The van der Waals surface area contributed by atoms with Crippen molar-refractivity contribution in [3.63, 3.8) is 0 Å². The Bertz CT molecular complexity index is 741. The Morgan fingerprint density at radius 2 is 1.93 bits per heavy atom. The first kappa shape index (κ1) is 18.3. The van der Waals surface area contributed by atoms with Crippen LogP contribution >= 0.6 is 0 Å². The largest absolute Gasteiger partial charge is 0.416 e. The van der Waals surface area contributed by atoms with E-state index in [1.54, 1.807) is 6.07 Å². The predicted octanol–water partition coefficient (Wildman–Crippen LogP) is 3.45. The lowest BCUT2D eigenvalue weighted by molar-refractivity contribution is -0.137. The normalized spacial score (nSPS) is 23.0. The minimum atomic E-state index is -4.41. The van der Waals surface area contributed by atoms with E-state index in [-0.39, 0.29) is 30.7 Å². The first-order valence-corrected chi connectivity index (χ1v) is 9.55. The molecule has 0 aromatic heterocycles. The molecule has 2 aliphatic carbocycles. The smallest absolute Gasteiger partial charge is 0.339 e. The quantitative estimate of drug-likeness (QED) is 0.758. The van der Waals surface area contributed by atoms with Gasteiger partial charge in [0.25, 0.3) is 0 Å². The Morgan fingerprint density at radius 1 is 1.19 bits per heavy atom. The Kier molecular flexibility index (Phi) is 4.64. The topological polar surface area (TPSA) is 40.6 Å². The molecule has 1 aromatic rings. The van der Waals surface area contributed by atoms with Gasteiger partial charge in [-0.05, 0) is 49.3 Å². The van der Waals surface area contributed by atoms with Crippen LogP contribution in [0.15, 0.2) is 24.3 Å². The number of carbonyl (C=O) groups excluding carboxylic acids is 2. The third kappa shape index (κ3) is 4.28. The van der Waals surface area contributed by atoms with Gasteiger partial charge >= 0.3 is 6.18 Å². The van der Waals surface area contributed by atoms with Gasteiger partial charge in [0.1, 0.15) is 0 Å². The maximum Gasteiger partial charge on any atom is 0.416 e. The van der Waals surface area contributed by atoms with E-state index in [2.05, 4.69) is 0 Å². The molecule has 146 valence electrons. The second-order valence-corrected chi connectivity index (χ2v) is 8.04. The Balaban J connectivity index is 1.41. The molecule has 27 heavy (non-hydrogen) atoms. The summed E-state index contributed by atoms with van der Waals surface area (Å²) >= 11 is 0. The zero-order valence-corrected chi connectivity index (χ0v) is 15.0. The van der Waals surface area contributed by atoms with Gasteiger partial charge in [-0.25, -0.2) is 0 Å². The van der Waals surface area contributed by atoms with E-state index in [0.717, 1.165) is 31.5 Å². The molecular formula is C20H23F3N2O2. The monoisotopic (exact) mass is 380 g/mol. The first-order valence-electron chi connectivity index (χ1n) is 9.55. The highest BCUT2D eigenvalue weighted by Crippen LogP contribution is 2.37. The fraction of sp³-hybridized carbons (Fsp3) is 0.600. The lowest BCUT2D eigenvalue weighted by Crippen LogP contribution is -2.40. The highest BCUT2D eigenvalue weighted by atomic mass is 19.4. The molecule has 0 radical (unpaired) electrons. The van der Waals surface area contributed by atoms with Crippen LogP contribution < -0.4 is 0 Å². The van der Waals surface area contributed by atoms with Crippen LogP contribution in [-0.4, -0.2) is 40.7 Å². The van der Waals surface area contributed by atoms with Crippen molar-refractivity contribution in [2.75, 3.05) is 13.1 Å². The van der Waals surface area contributed by atoms with Crippen molar-refractivity contribution >= 4 is 11.8 Å². The third-order valence-corrected chi connectivity index (χ3v) is 5.61. The van der Waals surface area contributed by atoms with Crippen LogP contribution in [0.2, 0.25) is 0 Å². The van der Waals surface area contributed by atoms with E-state index in [9.17, 15) is 22.8 Å². The van der Waals surface area contributed by atoms with Crippen LogP contribution in [0, 0.1) is 11.8 Å². The molecule has 1 aliphatic heterocycles. The minimum absolute atomic E-state index is 0.0456. The van der Waals surface area contributed by atoms with Crippen molar-refractivity contribution in [3.05, 3.63) is 35.4 Å². The van der Waals surface area contributed by atoms with Gasteiger partial charge in [-0.2, -0.15) is 13.2 Å². The molecule has 1 atom stereocenters. The van der Waals surface area contributed by atoms with Crippen molar-refractivity contribution in [2.24, 2.45) is 11.8 Å². The number of carbonyl (C=O) groups is 2. The van der Waals surface area contributed by atoms with Crippen LogP contribution in [0.1, 0.15) is 43.2 Å². The standard InChI is InChI=1S/C20H23F3N2O2/c21-20(22,23)16-3-1-2-14(8-16)10-24-12-15(9-18(24)26)19(27)25(17-6-7-17)11-13-4-5-13/h1-3,8,13,15,17H,4-7,9-12H2. The number of halogens is 3. The number of amides is 2. The molecule has 4 nitrogen and oxygen atoms in total. The van der Waals surface area contributed by atoms with Gasteiger partial charge in [-0.15, -0.1) is 0 Å². The average Bonchev–Trinajstić information content (AvgIpc) is 3.52. The molecule has 0 bridgehead atoms. The van der Waals surface area contributed by atoms with E-state index in [4.69, 9.17) is 0 Å². The summed E-state index contributed by atoms with van der Waals surface area (Å²) < 4.78 is 38.6. The lowest BCUT2D eigenvalue weighted by atomic mass is 10.1. The number of likely N-dealkylation sites (tertiary alicyclic amines) is 1. The number of nitrogens with zero attached hydrogens (tertiary/aromatic N) is 2. The Morgan fingerprint density at radius 3 is 2.56 bits per heavy atom. The van der Waals surface area contributed by atoms with Crippen LogP contribution in [0.4, 0.5) is 13.2 Å². The number of alkyl halides is 3. The van der Waals surface area contributed by atoms with Crippen molar-refractivity contribution in [3.8, 4) is 0 Å². The molecule has 1 heterocycles. The summed E-state index contributed by atoms with van der Waals surface area (Å²) in [5.74, 6) is 0.118. The second kappa shape index (κ2) is 6.84. The zero-order valence-electron chi connectivity index (χ0n) is 15.0. The molecule has 1 unspecified atom stereocenters. The summed E-state index contributed by atoms with van der Waals surface area (Å²) in [5.41, 5.74) is -0.285. The molecule has 4 rings (SSSR count). The SMILES string of the molecule is O=C1CC(C(=O)N(CC2CC2)C2CC2)CN1Cc1cccc(C(F)(F)F)c1. The van der Waals surface area contributed by atoms with Crippen LogP contribution in [0.5, 0.6) is 0 Å². The van der Waals surface area contributed by atoms with E-state index >= 15 is 0 Å². The van der Waals surface area contributed by atoms with Crippen molar-refractivity contribution in [1.29, 1.82) is 0 Å². The van der Waals surface area contributed by atoms with Gasteiger partial charge in [0, 0.05) is 32.1 Å². The number of hydrogen-bond acceptors (Lipinski definition) is 2. The van der Waals surface area contributed by atoms with Crippen molar-refractivity contribution < 1.29 is 22.8 Å². The van der Waals surface area contributed by atoms with E-state index in [1.165, 1.54) is 23.8 Å². The summed E-state index contributed by atoms with van der Waals surface area (Å²) in [5, 5.41) is 0. The molecule has 2 saturated carbocycles. The molecule has 2 amide bonds. The van der Waals surface area contributed by atoms with Gasteiger partial charge in [0.2, 0.25) is 11.8 Å². The maximum absolute atomic E-state index is 12.9. The third-order valence-electron chi connectivity index (χ3n) is 5.61. The highest BCUT2D eigenvalue weighted by molar-refractivity contribution is 5.89. The Hall–Kier alpha value is -2.05. The van der Waals surface area contributed by atoms with Gasteiger partial charge in [0.05, 0.1) is 11.5 Å². The zero-order chi connectivity index (χ0) is 19.2. The summed E-state index contributed by atoms with van der Waals surface area (Å²) in [4.78, 5) is 28.7. The number of rotatable bonds is 6. The van der Waals surface area contributed by atoms with Crippen LogP contribution in [-0.2, 0) is 22.3 Å². The molecule has 0 N–H and O–H groups in total. The summed E-state index contributed by atoms with van der Waals surface area (Å²) in [6, 6.07) is 5.36. The molecule has 3 fully saturated rings. The number of hydrogen-bond donors (Lipinski definition) is 0. The van der Waals surface area contributed by atoms with Gasteiger partial charge in [-0.3, -0.25) is 9.59 Å². The molecule has 1 aromatic carbocycles. The predicted molar refractivity (Wildman–Crippen MR) is 92.4 cm³/mol. The van der Waals surface area contributed by atoms with Crippen molar-refractivity contribution in [1.82, 2.24) is 9.80 Å². The summed E-state index contributed by atoms with van der Waals surface area (Å²) in [6.07, 6.45) is 0.159. The molecule has 3 aliphatic rings. The van der Waals surface area contributed by atoms with E-state index in [0.29, 0.717) is 24.1 Å². The van der Waals surface area contributed by atoms with Crippen LogP contribution in [0.25, 0.3) is 0 Å². The fourth-order valence-corrected chi connectivity index (χ4v) is 3.78. The van der Waals surface area contributed by atoms with Gasteiger partial charge in [0.15, 0.2) is 0 Å². The summed E-state index contributed by atoms with van der Waals surface area (Å²) in [7, 11) is 0. The van der Waals surface area contributed by atoms with Crippen LogP contribution in [0.3, 0.4) is 0 Å². The highest BCUT2D eigenvalue weighted by Gasteiger charge is 2.42. The average molecular weight is 380 g/mol. The molecule has 0 spiro atoms. The molecule has 7 heteroatoms. The van der Waals surface area contributed by atoms with Crippen molar-refractivity contribution in [2.45, 2.75) is 50.9 Å². The minimum Gasteiger partial charge on any atom is -0.339 e. The second-order valence-electron chi connectivity index (χ2n) is 8.04. The maximum atomic E-state index is 12.9. The lowest BCUT2D eigenvalue weighted by Gasteiger charge is -2.25. The molecule has 1 saturated heterocycles. The van der Waals surface area contributed by atoms with Gasteiger partial charge < -0.3 is 9.80 Å². The molecular weight excluding hydrogens is 357 g/mol. The summed E-state index contributed by atoms with van der Waals surface area (Å²) in [6.45, 7) is 1.20. The Labute approximate surface area is 156 Å².